The minimum Gasteiger partial charge on any atom is -0.314 e. The van der Waals surface area contributed by atoms with E-state index in [4.69, 9.17) is 0 Å². The van der Waals surface area contributed by atoms with Crippen molar-refractivity contribution in [2.75, 3.05) is 9.80 Å². The zero-order chi connectivity index (χ0) is 45.5. The van der Waals surface area contributed by atoms with E-state index in [1.807, 2.05) is 0 Å². The van der Waals surface area contributed by atoms with Crippen LogP contribution >= 0.6 is 0 Å². The minimum absolute atomic E-state index is 0.268. The number of anilines is 5. The van der Waals surface area contributed by atoms with Crippen LogP contribution in [0.5, 0.6) is 0 Å². The maximum atomic E-state index is 2.45. The lowest BCUT2D eigenvalue weighted by molar-refractivity contribution is 0.743. The predicted octanol–water partition coefficient (Wildman–Crippen LogP) is 18.2. The van der Waals surface area contributed by atoms with Crippen molar-refractivity contribution in [2.45, 2.75) is 25.2 Å². The van der Waals surface area contributed by atoms with Gasteiger partial charge in [0.2, 0.25) is 0 Å². The monoisotopic (exact) mass is 872 g/mol. The SMILES string of the molecule is C1=CCCC(C2=CC=C(N(c3ccccc3)c3ccc(-c4ccccc4-c4ccc(N(c5ccccc5)c5ccc(-c6ccccc6)c(-c6ccccc6)c5)cc4)cc3)CC2c2ccccc2)=C1. The molecule has 0 amide bonds. The molecule has 11 rings (SSSR count). The molecule has 2 heteroatoms. The topological polar surface area (TPSA) is 6.48 Å². The van der Waals surface area contributed by atoms with Crippen LogP contribution in [0.15, 0.2) is 290 Å². The number of hydrogen-bond donors (Lipinski definition) is 0. The predicted molar refractivity (Wildman–Crippen MR) is 288 cm³/mol. The van der Waals surface area contributed by atoms with Gasteiger partial charge in [-0.05, 0) is 147 Å². The van der Waals surface area contributed by atoms with Gasteiger partial charge in [0.1, 0.15) is 0 Å². The summed E-state index contributed by atoms with van der Waals surface area (Å²) in [6.07, 6.45) is 14.6. The van der Waals surface area contributed by atoms with Crippen molar-refractivity contribution >= 4 is 28.4 Å². The fourth-order valence-electron chi connectivity index (χ4n) is 10.1. The van der Waals surface area contributed by atoms with Gasteiger partial charge in [-0.2, -0.15) is 0 Å². The molecule has 326 valence electrons. The highest BCUT2D eigenvalue weighted by Crippen LogP contribution is 2.45. The van der Waals surface area contributed by atoms with Crippen LogP contribution in [0, 0.1) is 0 Å². The highest BCUT2D eigenvalue weighted by Gasteiger charge is 2.28. The Kier molecular flexibility index (Phi) is 12.1. The van der Waals surface area contributed by atoms with Gasteiger partial charge in [-0.25, -0.2) is 0 Å². The van der Waals surface area contributed by atoms with Gasteiger partial charge in [0.05, 0.1) is 0 Å². The molecular formula is C66H52N2. The fraction of sp³-hybridized carbons (Fsp3) is 0.0606. The average Bonchev–Trinajstić information content (AvgIpc) is 3.43. The summed E-state index contributed by atoms with van der Waals surface area (Å²) in [6.45, 7) is 0. The Labute approximate surface area is 401 Å². The summed E-state index contributed by atoms with van der Waals surface area (Å²) in [7, 11) is 0. The molecule has 2 aliphatic rings. The molecule has 2 nitrogen and oxygen atoms in total. The Bertz CT molecular complexity index is 3260. The largest absolute Gasteiger partial charge is 0.314 e. The van der Waals surface area contributed by atoms with Gasteiger partial charge in [0, 0.05) is 40.1 Å². The van der Waals surface area contributed by atoms with Gasteiger partial charge in [-0.1, -0.05) is 206 Å². The van der Waals surface area contributed by atoms with Gasteiger partial charge in [0.25, 0.3) is 0 Å². The zero-order valence-corrected chi connectivity index (χ0v) is 38.1. The van der Waals surface area contributed by atoms with Crippen molar-refractivity contribution in [1.82, 2.24) is 0 Å². The van der Waals surface area contributed by atoms with Crippen LogP contribution in [0.4, 0.5) is 28.4 Å². The molecule has 0 N–H and O–H groups in total. The maximum Gasteiger partial charge on any atom is 0.0468 e. The van der Waals surface area contributed by atoms with Gasteiger partial charge in [0.15, 0.2) is 0 Å². The first-order chi connectivity index (χ1) is 33.7. The van der Waals surface area contributed by atoms with E-state index in [9.17, 15) is 0 Å². The van der Waals surface area contributed by atoms with E-state index in [-0.39, 0.29) is 5.92 Å². The summed E-state index contributed by atoms with van der Waals surface area (Å²) >= 11 is 0. The van der Waals surface area contributed by atoms with Crippen molar-refractivity contribution in [3.63, 3.8) is 0 Å². The first-order valence-corrected chi connectivity index (χ1v) is 23.8. The Hall–Kier alpha value is -8.46. The van der Waals surface area contributed by atoms with Gasteiger partial charge in [-0.15, -0.1) is 0 Å². The lowest BCUT2D eigenvalue weighted by atomic mass is 9.78. The van der Waals surface area contributed by atoms with Crippen molar-refractivity contribution in [1.29, 1.82) is 0 Å². The normalized spacial score (nSPS) is 14.4. The lowest BCUT2D eigenvalue weighted by Crippen LogP contribution is -2.21. The van der Waals surface area contributed by atoms with E-state index >= 15 is 0 Å². The molecule has 0 fully saturated rings. The molecule has 0 bridgehead atoms. The second-order valence-corrected chi connectivity index (χ2v) is 17.5. The summed E-state index contributed by atoms with van der Waals surface area (Å²) in [4.78, 5) is 4.81. The van der Waals surface area contributed by atoms with Crippen molar-refractivity contribution < 1.29 is 0 Å². The molecule has 0 heterocycles. The van der Waals surface area contributed by atoms with Gasteiger partial charge < -0.3 is 9.80 Å². The third kappa shape index (κ3) is 8.80. The summed E-state index contributed by atoms with van der Waals surface area (Å²) in [5.74, 6) is 0.268. The second-order valence-electron chi connectivity index (χ2n) is 17.5. The Balaban J connectivity index is 0.926. The molecular weight excluding hydrogens is 821 g/mol. The van der Waals surface area contributed by atoms with E-state index in [1.54, 1.807) is 0 Å². The van der Waals surface area contributed by atoms with E-state index in [1.165, 1.54) is 66.9 Å². The van der Waals surface area contributed by atoms with E-state index in [2.05, 4.69) is 283 Å². The molecule has 0 aromatic heterocycles. The molecule has 0 saturated carbocycles. The number of hydrogen-bond acceptors (Lipinski definition) is 2. The molecule has 9 aromatic carbocycles. The average molecular weight is 873 g/mol. The standard InChI is InChI=1S/C66H52N2/c1-7-21-49(22-8-1)63-45-43-59(47-65(63)51-25-11-3-12-26-51)67(55-29-15-5-16-30-55)57-39-35-53(36-40-57)61-33-19-20-34-62(61)54-37-41-58(42-38-54)68(56-31-17-6-18-32-56)60-44-46-64(50-23-9-2-10-24-50)66(48-60)52-27-13-4-14-28-52/h1-9,11-23,25-47,66H,10,24,48H2. The van der Waals surface area contributed by atoms with Crippen LogP contribution in [-0.2, 0) is 0 Å². The molecule has 0 saturated heterocycles. The fourth-order valence-corrected chi connectivity index (χ4v) is 10.1. The Morgan fingerprint density at radius 2 is 0.779 bits per heavy atom. The highest BCUT2D eigenvalue weighted by molar-refractivity contribution is 5.90. The van der Waals surface area contributed by atoms with Crippen LogP contribution in [0.1, 0.15) is 30.7 Å². The second kappa shape index (κ2) is 19.6. The molecule has 0 aliphatic heterocycles. The minimum atomic E-state index is 0.268. The van der Waals surface area contributed by atoms with E-state index < -0.39 is 0 Å². The van der Waals surface area contributed by atoms with Crippen LogP contribution in [0.25, 0.3) is 44.5 Å². The van der Waals surface area contributed by atoms with Crippen molar-refractivity contribution in [2.24, 2.45) is 0 Å². The quantitative estimate of drug-likeness (QED) is 0.121. The molecule has 68 heavy (non-hydrogen) atoms. The van der Waals surface area contributed by atoms with Crippen LogP contribution < -0.4 is 9.80 Å². The molecule has 0 radical (unpaired) electrons. The molecule has 0 spiro atoms. The third-order valence-corrected chi connectivity index (χ3v) is 13.4. The smallest absolute Gasteiger partial charge is 0.0468 e. The molecule has 2 aliphatic carbocycles. The number of para-hydroxylation sites is 2. The van der Waals surface area contributed by atoms with Gasteiger partial charge >= 0.3 is 0 Å². The van der Waals surface area contributed by atoms with E-state index in [0.29, 0.717) is 0 Å². The first kappa shape index (κ1) is 42.2. The maximum absolute atomic E-state index is 2.45. The zero-order valence-electron chi connectivity index (χ0n) is 38.1. The van der Waals surface area contributed by atoms with Gasteiger partial charge in [-0.3, -0.25) is 0 Å². The Morgan fingerprint density at radius 3 is 1.34 bits per heavy atom. The summed E-state index contributed by atoms with van der Waals surface area (Å²) in [6, 6.07) is 87.8. The van der Waals surface area contributed by atoms with Crippen LogP contribution in [0.2, 0.25) is 0 Å². The number of benzene rings is 9. The summed E-state index contributed by atoms with van der Waals surface area (Å²) < 4.78 is 0. The highest BCUT2D eigenvalue weighted by atomic mass is 15.2. The Morgan fingerprint density at radius 1 is 0.338 bits per heavy atom. The molecule has 9 aromatic rings. The first-order valence-electron chi connectivity index (χ1n) is 23.8. The third-order valence-electron chi connectivity index (χ3n) is 13.4. The number of allylic oxidation sites excluding steroid dienone is 8. The van der Waals surface area contributed by atoms with Crippen molar-refractivity contribution in [3.05, 3.63) is 295 Å². The summed E-state index contributed by atoms with van der Waals surface area (Å²) in [5, 5.41) is 0. The molecule has 1 unspecified atom stereocenters. The molecule has 1 atom stereocenters. The van der Waals surface area contributed by atoms with Crippen molar-refractivity contribution in [3.8, 4) is 44.5 Å². The van der Waals surface area contributed by atoms with Crippen LogP contribution in [-0.4, -0.2) is 0 Å². The number of nitrogens with zero attached hydrogens (tertiary/aromatic N) is 2. The summed E-state index contributed by atoms with van der Waals surface area (Å²) in [5.41, 5.74) is 20.6. The van der Waals surface area contributed by atoms with Crippen LogP contribution in [0.3, 0.4) is 0 Å². The lowest BCUT2D eigenvalue weighted by Gasteiger charge is -2.34. The number of rotatable bonds is 12. The van der Waals surface area contributed by atoms with E-state index in [0.717, 1.165) is 47.7 Å².